The summed E-state index contributed by atoms with van der Waals surface area (Å²) in [5.74, 6) is 2.60. The Kier molecular flexibility index (Phi) is 9.52. The first-order valence-corrected chi connectivity index (χ1v) is 17.9. The molecule has 0 radical (unpaired) electrons. The smallest absolute Gasteiger partial charge is 0.681 e. The van der Waals surface area contributed by atoms with Crippen molar-refractivity contribution in [2.75, 3.05) is 4.81 Å². The van der Waals surface area contributed by atoms with Gasteiger partial charge in [0.2, 0.25) is 12.9 Å². The quantitative estimate of drug-likeness (QED) is 0.118. The molecule has 262 valence electrons. The summed E-state index contributed by atoms with van der Waals surface area (Å²) in [6, 6.07) is 41.4. The fraction of sp³-hybridized carbons (Fsp3) is 0.227. The van der Waals surface area contributed by atoms with Crippen molar-refractivity contribution in [3.63, 3.8) is 0 Å². The molecule has 4 aromatic carbocycles. The van der Waals surface area contributed by atoms with E-state index in [1.807, 2.05) is 36.5 Å². The van der Waals surface area contributed by atoms with Crippen LogP contribution in [0.3, 0.4) is 0 Å². The number of fused-ring (bicyclic) bond motifs is 4. The number of hydrogen-bond acceptors (Lipinski definition) is 4. The normalized spacial score (nSPS) is 12.8. The van der Waals surface area contributed by atoms with Crippen LogP contribution >= 0.6 is 0 Å². The second-order valence-corrected chi connectivity index (χ2v) is 15.0. The second kappa shape index (κ2) is 13.9. The molecule has 0 amide bonds. The topological polar surface area (TPSA) is 57.3 Å². The molecule has 0 aliphatic carbocycles. The minimum atomic E-state index is -0.349. The van der Waals surface area contributed by atoms with Crippen molar-refractivity contribution in [2.45, 2.75) is 65.7 Å². The predicted octanol–water partition coefficient (Wildman–Crippen LogP) is 11.3. The van der Waals surface area contributed by atoms with Crippen LogP contribution in [0.15, 0.2) is 115 Å². The molecule has 52 heavy (non-hydrogen) atoms. The van der Waals surface area contributed by atoms with Gasteiger partial charge in [0, 0.05) is 40.5 Å². The van der Waals surface area contributed by atoms with Crippen LogP contribution in [0.4, 0.5) is 17.1 Å². The molecule has 0 unspecified atom stereocenters. The van der Waals surface area contributed by atoms with Gasteiger partial charge in [-0.2, -0.15) is 6.07 Å². The summed E-state index contributed by atoms with van der Waals surface area (Å²) < 4.78 is 8.72. The number of rotatable bonds is 7. The van der Waals surface area contributed by atoms with Gasteiger partial charge in [-0.15, -0.1) is 23.2 Å². The zero-order chi connectivity index (χ0) is 35.4. The van der Waals surface area contributed by atoms with Crippen LogP contribution in [-0.2, 0) is 26.5 Å². The summed E-state index contributed by atoms with van der Waals surface area (Å²) in [5.41, 5.74) is 9.85. The summed E-state index contributed by atoms with van der Waals surface area (Å²) in [5, 5.41) is 7.48. The molecule has 1 aliphatic rings. The van der Waals surface area contributed by atoms with Gasteiger partial charge in [0.1, 0.15) is 5.82 Å². The molecule has 0 atom stereocenters. The number of anilines is 2. The van der Waals surface area contributed by atoms with Crippen LogP contribution in [0.1, 0.15) is 77.0 Å². The Morgan fingerprint density at radius 3 is 2.23 bits per heavy atom. The Balaban J connectivity index is 0.00000420. The van der Waals surface area contributed by atoms with E-state index in [0.717, 1.165) is 44.6 Å². The molecule has 0 fully saturated rings. The fourth-order valence-electron chi connectivity index (χ4n) is 7.25. The van der Waals surface area contributed by atoms with Crippen molar-refractivity contribution in [1.82, 2.24) is 14.5 Å². The van der Waals surface area contributed by atoms with E-state index < -0.39 is 0 Å². The van der Waals surface area contributed by atoms with E-state index in [-0.39, 0.29) is 33.5 Å². The Morgan fingerprint density at radius 2 is 1.48 bits per heavy atom. The van der Waals surface area contributed by atoms with Crippen LogP contribution in [0.25, 0.3) is 32.9 Å². The number of nitrogens with zero attached hydrogens (tertiary/aromatic N) is 5. The maximum atomic E-state index is 6.53. The minimum Gasteiger partial charge on any atom is -0.681 e. The third kappa shape index (κ3) is 6.30. The summed E-state index contributed by atoms with van der Waals surface area (Å²) in [6.07, 6.45) is 1.89. The molecular formula is C44H42BN5OPt. The van der Waals surface area contributed by atoms with Gasteiger partial charge in [0.05, 0.1) is 0 Å². The molecular weight excluding hydrogens is 820 g/mol. The molecule has 6 nitrogen and oxygen atoms in total. The summed E-state index contributed by atoms with van der Waals surface area (Å²) >= 11 is 0. The van der Waals surface area contributed by atoms with Gasteiger partial charge in [-0.3, -0.25) is 0 Å². The second-order valence-electron chi connectivity index (χ2n) is 15.0. The van der Waals surface area contributed by atoms with Gasteiger partial charge in [0.25, 0.3) is 0 Å². The van der Waals surface area contributed by atoms with Crippen LogP contribution in [0, 0.1) is 6.07 Å². The van der Waals surface area contributed by atoms with Crippen molar-refractivity contribution >= 4 is 51.4 Å². The first-order chi connectivity index (χ1) is 24.6. The van der Waals surface area contributed by atoms with Crippen LogP contribution in [0.5, 0.6) is 11.6 Å². The number of para-hydroxylation sites is 3. The molecule has 3 aromatic heterocycles. The SMILES string of the molecule is CC(C)c1cccc(C(C)C)c1N1B(c2cccc(Oc3[c-]c4c(cc3)c3ccccc3n4-c3cc(C(C)(C)C)ccn3)n2)[N-]c2ccccc21.[Pt+2]. The number of benzene rings is 4. The van der Waals surface area contributed by atoms with Gasteiger partial charge < -0.3 is 19.3 Å². The third-order valence-corrected chi connectivity index (χ3v) is 9.85. The van der Waals surface area contributed by atoms with E-state index >= 15 is 0 Å². The minimum absolute atomic E-state index is 0. The van der Waals surface area contributed by atoms with E-state index in [4.69, 9.17) is 19.9 Å². The molecule has 0 bridgehead atoms. The van der Waals surface area contributed by atoms with Gasteiger partial charge in [-0.1, -0.05) is 115 Å². The monoisotopic (exact) mass is 862 g/mol. The first-order valence-electron chi connectivity index (χ1n) is 17.9. The predicted molar refractivity (Wildman–Crippen MR) is 212 cm³/mol. The standard InChI is InChI=1S/C44H42BN5O.Pt/c1-28(2)32-15-12-16-33(29(3)4)43(32)50-38-19-11-9-17-36(38)48-45(50)40-20-13-21-42(47-40)51-31-22-23-35-34-14-8-10-18-37(34)49(39(35)27-31)41-26-30(24-25-46-41)44(5,6)7;/h8-26,28-29H,1-7H3;/q-2;+2. The molecule has 0 saturated carbocycles. The maximum absolute atomic E-state index is 6.53. The number of hydrogen-bond donors (Lipinski definition) is 0. The molecule has 0 spiro atoms. The Labute approximate surface area is 321 Å². The summed E-state index contributed by atoms with van der Waals surface area (Å²) in [6.45, 7) is 15.4. The van der Waals surface area contributed by atoms with Crippen molar-refractivity contribution in [2.24, 2.45) is 0 Å². The number of aromatic nitrogens is 3. The third-order valence-electron chi connectivity index (χ3n) is 9.85. The average molecular weight is 863 g/mol. The van der Waals surface area contributed by atoms with Crippen molar-refractivity contribution in [3.05, 3.63) is 143 Å². The van der Waals surface area contributed by atoms with Crippen LogP contribution in [-0.4, -0.2) is 21.5 Å². The van der Waals surface area contributed by atoms with Crippen LogP contribution in [0.2, 0.25) is 0 Å². The molecule has 4 heterocycles. The van der Waals surface area contributed by atoms with Crippen molar-refractivity contribution < 1.29 is 25.8 Å². The average Bonchev–Trinajstić information content (AvgIpc) is 3.67. The fourth-order valence-corrected chi connectivity index (χ4v) is 7.25. The summed E-state index contributed by atoms with van der Waals surface area (Å²) in [4.78, 5) is 12.3. The number of ether oxygens (including phenoxy) is 1. The zero-order valence-electron chi connectivity index (χ0n) is 30.7. The molecule has 8 rings (SSSR count). The zero-order valence-corrected chi connectivity index (χ0v) is 32.9. The van der Waals surface area contributed by atoms with E-state index in [9.17, 15) is 0 Å². The van der Waals surface area contributed by atoms with Crippen LogP contribution < -0.4 is 15.1 Å². The van der Waals surface area contributed by atoms with Gasteiger partial charge in [-0.05, 0) is 69.7 Å². The molecule has 7 aromatic rings. The molecule has 8 heteroatoms. The van der Waals surface area contributed by atoms with E-state index in [0.29, 0.717) is 23.5 Å². The van der Waals surface area contributed by atoms with E-state index in [2.05, 4.69) is 143 Å². The molecule has 0 saturated heterocycles. The first kappa shape index (κ1) is 35.5. The Morgan fingerprint density at radius 1 is 0.769 bits per heavy atom. The largest absolute Gasteiger partial charge is 2.00 e. The summed E-state index contributed by atoms with van der Waals surface area (Å²) in [7, 11) is 0. The molecule has 1 aliphatic heterocycles. The maximum Gasteiger partial charge on any atom is 2.00 e. The van der Waals surface area contributed by atoms with Gasteiger partial charge in [-0.25, -0.2) is 9.97 Å². The van der Waals surface area contributed by atoms with Crippen molar-refractivity contribution in [3.8, 4) is 17.4 Å². The van der Waals surface area contributed by atoms with E-state index in [1.54, 1.807) is 0 Å². The van der Waals surface area contributed by atoms with Crippen molar-refractivity contribution in [1.29, 1.82) is 0 Å². The van der Waals surface area contributed by atoms with E-state index in [1.165, 1.54) is 22.4 Å². The van der Waals surface area contributed by atoms with Gasteiger partial charge in [0.15, 0.2) is 0 Å². The Hall–Kier alpha value is -4.87. The Bertz CT molecular complexity index is 2390. The number of pyridine rings is 2. The van der Waals surface area contributed by atoms with Gasteiger partial charge >= 0.3 is 21.1 Å². The molecule has 0 N–H and O–H groups in total.